The zero-order valence-corrected chi connectivity index (χ0v) is 20.2. The summed E-state index contributed by atoms with van der Waals surface area (Å²) in [7, 11) is 0. The highest BCUT2D eigenvalue weighted by atomic mass is 16.8. The quantitative estimate of drug-likeness (QED) is 0.572. The number of hydrogen-bond donors (Lipinski definition) is 0. The van der Waals surface area contributed by atoms with E-state index in [4.69, 9.17) is 14.2 Å². The summed E-state index contributed by atoms with van der Waals surface area (Å²) in [6.07, 6.45) is 8.66. The van der Waals surface area contributed by atoms with E-state index in [0.29, 0.717) is 29.1 Å². The van der Waals surface area contributed by atoms with Gasteiger partial charge in [-0.15, -0.1) is 0 Å². The highest BCUT2D eigenvalue weighted by molar-refractivity contribution is 5.88. The molecule has 5 aliphatic rings. The average Bonchev–Trinajstić information content (AvgIpc) is 3.08. The van der Waals surface area contributed by atoms with Crippen molar-refractivity contribution < 1.29 is 23.8 Å². The second kappa shape index (κ2) is 6.79. The number of Topliss-reactive ketones (excluding diaryl/α,β-unsaturated/α-hetero) is 1. The molecule has 5 nitrogen and oxygen atoms in total. The molecule has 174 valence electrons. The Balaban J connectivity index is 1.43. The minimum absolute atomic E-state index is 0.0943. The van der Waals surface area contributed by atoms with E-state index in [1.54, 1.807) is 6.92 Å². The number of rotatable bonds is 2. The Morgan fingerprint density at radius 3 is 2.32 bits per heavy atom. The number of carbonyl (C=O) groups is 2. The number of fused-ring (bicyclic) bond motifs is 7. The first-order valence-corrected chi connectivity index (χ1v) is 12.5. The molecule has 31 heavy (non-hydrogen) atoms. The first kappa shape index (κ1) is 21.9. The predicted octanol–water partition coefficient (Wildman–Crippen LogP) is 5.05. The number of hydrogen-bond acceptors (Lipinski definition) is 5. The second-order valence-electron chi connectivity index (χ2n) is 12.3. The number of esters is 1. The number of carbonyl (C=O) groups excluding carboxylic acids is 2. The van der Waals surface area contributed by atoms with E-state index < -0.39 is 11.4 Å². The molecule has 4 aliphatic carbocycles. The SMILES string of the molecule is CC(=O)O[C@H]1CC[C@@]2(C)[C@@H](CC[C@@H]3[C@@H]2CC[C@@]2(C)[C@H]3C[C@H]3OC(C)(C)O[C@@]32C(C)=O)C1. The minimum Gasteiger partial charge on any atom is -0.463 e. The molecule has 0 amide bonds. The van der Waals surface area contributed by atoms with Crippen molar-refractivity contribution in [3.05, 3.63) is 0 Å². The third-order valence-corrected chi connectivity index (χ3v) is 10.5. The van der Waals surface area contributed by atoms with E-state index in [1.807, 2.05) is 13.8 Å². The summed E-state index contributed by atoms with van der Waals surface area (Å²) in [5.41, 5.74) is -0.642. The van der Waals surface area contributed by atoms with E-state index in [1.165, 1.54) is 19.8 Å². The first-order valence-electron chi connectivity index (χ1n) is 12.5. The summed E-state index contributed by atoms with van der Waals surface area (Å²) in [5.74, 6) is 1.71. The molecular weight excluding hydrogens is 392 g/mol. The first-order chi connectivity index (χ1) is 14.4. The second-order valence-corrected chi connectivity index (χ2v) is 12.3. The third kappa shape index (κ3) is 2.87. The van der Waals surface area contributed by atoms with Gasteiger partial charge in [0.25, 0.3) is 0 Å². The van der Waals surface area contributed by atoms with Crippen LogP contribution in [0.1, 0.15) is 92.9 Å². The Hall–Kier alpha value is -0.940. The molecule has 9 atom stereocenters. The van der Waals surface area contributed by atoms with Gasteiger partial charge >= 0.3 is 5.97 Å². The number of ketones is 1. The molecule has 0 bridgehead atoms. The summed E-state index contributed by atoms with van der Waals surface area (Å²) in [6.45, 7) is 12.0. The van der Waals surface area contributed by atoms with Gasteiger partial charge in [0.2, 0.25) is 0 Å². The maximum absolute atomic E-state index is 13.1. The molecule has 1 heterocycles. The van der Waals surface area contributed by atoms with Crippen LogP contribution in [0.4, 0.5) is 0 Å². The standard InChI is InChI=1S/C26H40O5/c1-15(27)26-22(30-23(3,4)31-26)14-21-19-8-7-17-13-18(29-16(2)28)9-11-24(17,5)20(19)10-12-25(21,26)6/h17-22H,7-14H2,1-6H3/t17-,18-,19+,20-,21-,22+,24-,25-,26-/m0/s1. The Morgan fingerprint density at radius 2 is 1.65 bits per heavy atom. The minimum atomic E-state index is -0.795. The molecule has 1 aliphatic heterocycles. The molecule has 4 saturated carbocycles. The van der Waals surface area contributed by atoms with Crippen LogP contribution in [-0.4, -0.2) is 35.3 Å². The van der Waals surface area contributed by atoms with Crippen LogP contribution < -0.4 is 0 Å². The van der Waals surface area contributed by atoms with E-state index >= 15 is 0 Å². The maximum Gasteiger partial charge on any atom is 0.302 e. The largest absolute Gasteiger partial charge is 0.463 e. The van der Waals surface area contributed by atoms with E-state index in [-0.39, 0.29) is 29.4 Å². The molecule has 0 unspecified atom stereocenters. The van der Waals surface area contributed by atoms with Crippen molar-refractivity contribution >= 4 is 11.8 Å². The molecule has 0 aromatic heterocycles. The lowest BCUT2D eigenvalue weighted by Gasteiger charge is -2.61. The monoisotopic (exact) mass is 432 g/mol. The van der Waals surface area contributed by atoms with Crippen molar-refractivity contribution in [1.82, 2.24) is 0 Å². The Morgan fingerprint density at radius 1 is 0.903 bits per heavy atom. The fourth-order valence-electron chi connectivity index (χ4n) is 9.31. The Labute approximate surface area is 186 Å². The normalized spacial score (nSPS) is 52.5. The smallest absolute Gasteiger partial charge is 0.302 e. The Kier molecular flexibility index (Phi) is 4.79. The van der Waals surface area contributed by atoms with Crippen molar-refractivity contribution in [1.29, 1.82) is 0 Å². The lowest BCUT2D eigenvalue weighted by atomic mass is 9.44. The molecule has 1 saturated heterocycles. The zero-order chi connectivity index (χ0) is 22.4. The molecule has 0 N–H and O–H groups in total. The lowest BCUT2D eigenvalue weighted by molar-refractivity contribution is -0.219. The van der Waals surface area contributed by atoms with Gasteiger partial charge in [0.1, 0.15) is 6.10 Å². The molecule has 0 aromatic carbocycles. The molecule has 5 fully saturated rings. The van der Waals surface area contributed by atoms with Gasteiger partial charge in [0.05, 0.1) is 6.10 Å². The molecular formula is C26H40O5. The summed E-state index contributed by atoms with van der Waals surface area (Å²) < 4.78 is 18.5. The van der Waals surface area contributed by atoms with E-state index in [2.05, 4.69) is 13.8 Å². The summed E-state index contributed by atoms with van der Waals surface area (Å²) in [6, 6.07) is 0. The molecule has 0 spiro atoms. The van der Waals surface area contributed by atoms with Crippen molar-refractivity contribution in [3.63, 3.8) is 0 Å². The summed E-state index contributed by atoms with van der Waals surface area (Å²) >= 11 is 0. The van der Waals surface area contributed by atoms with Crippen molar-refractivity contribution in [3.8, 4) is 0 Å². The Bertz CT molecular complexity index is 791. The van der Waals surface area contributed by atoms with Crippen LogP contribution in [0, 0.1) is 34.5 Å². The van der Waals surface area contributed by atoms with Crippen LogP contribution in [-0.2, 0) is 23.8 Å². The maximum atomic E-state index is 13.1. The zero-order valence-electron chi connectivity index (χ0n) is 20.2. The van der Waals surface area contributed by atoms with Gasteiger partial charge in [0, 0.05) is 12.3 Å². The van der Waals surface area contributed by atoms with Crippen LogP contribution in [0.5, 0.6) is 0 Å². The van der Waals surface area contributed by atoms with Crippen molar-refractivity contribution in [2.45, 2.75) is 117 Å². The van der Waals surface area contributed by atoms with Gasteiger partial charge in [-0.1, -0.05) is 13.8 Å². The number of ether oxygens (including phenoxy) is 3. The summed E-state index contributed by atoms with van der Waals surface area (Å²) in [4.78, 5) is 24.6. The van der Waals surface area contributed by atoms with Crippen LogP contribution >= 0.6 is 0 Å². The van der Waals surface area contributed by atoms with Crippen molar-refractivity contribution in [2.24, 2.45) is 34.5 Å². The van der Waals surface area contributed by atoms with Gasteiger partial charge in [-0.25, -0.2) is 0 Å². The highest BCUT2D eigenvalue weighted by Gasteiger charge is 2.75. The third-order valence-electron chi connectivity index (χ3n) is 10.5. The highest BCUT2D eigenvalue weighted by Crippen LogP contribution is 2.71. The van der Waals surface area contributed by atoms with Gasteiger partial charge < -0.3 is 14.2 Å². The fraction of sp³-hybridized carbons (Fsp3) is 0.923. The van der Waals surface area contributed by atoms with E-state index in [9.17, 15) is 9.59 Å². The lowest BCUT2D eigenvalue weighted by Crippen LogP contribution is -2.60. The molecule has 5 heteroatoms. The van der Waals surface area contributed by atoms with Crippen LogP contribution in [0.3, 0.4) is 0 Å². The molecule has 5 rings (SSSR count). The topological polar surface area (TPSA) is 61.8 Å². The van der Waals surface area contributed by atoms with Crippen LogP contribution in [0.25, 0.3) is 0 Å². The summed E-state index contributed by atoms with van der Waals surface area (Å²) in [5, 5.41) is 0. The van der Waals surface area contributed by atoms with Gasteiger partial charge in [-0.3, -0.25) is 9.59 Å². The van der Waals surface area contributed by atoms with Crippen LogP contribution in [0.2, 0.25) is 0 Å². The molecule has 0 aromatic rings. The average molecular weight is 433 g/mol. The van der Waals surface area contributed by atoms with E-state index in [0.717, 1.165) is 38.5 Å². The predicted molar refractivity (Wildman–Crippen MR) is 116 cm³/mol. The van der Waals surface area contributed by atoms with Crippen molar-refractivity contribution in [2.75, 3.05) is 0 Å². The van der Waals surface area contributed by atoms with Crippen LogP contribution in [0.15, 0.2) is 0 Å². The van der Waals surface area contributed by atoms with Gasteiger partial charge in [-0.05, 0) is 101 Å². The molecule has 0 radical (unpaired) electrons. The van der Waals surface area contributed by atoms with Gasteiger partial charge in [-0.2, -0.15) is 0 Å². The fourth-order valence-corrected chi connectivity index (χ4v) is 9.31. The van der Waals surface area contributed by atoms with Gasteiger partial charge in [0.15, 0.2) is 17.2 Å².